The Morgan fingerprint density at radius 2 is 1.82 bits per heavy atom. The van der Waals surface area contributed by atoms with Gasteiger partial charge in [0.25, 0.3) is 0 Å². The number of ether oxygens (including phenoxy) is 2. The first-order valence-electron chi connectivity index (χ1n) is 9.06. The molecule has 0 radical (unpaired) electrons. The molecule has 3 rings (SSSR count). The molecule has 0 fully saturated rings. The van der Waals surface area contributed by atoms with Crippen LogP contribution in [0.2, 0.25) is 0 Å². The first-order chi connectivity index (χ1) is 13.5. The summed E-state index contributed by atoms with van der Waals surface area (Å²) in [5.41, 5.74) is 2.90. The van der Waals surface area contributed by atoms with Crippen LogP contribution < -0.4 is 14.8 Å². The van der Waals surface area contributed by atoms with Gasteiger partial charge in [-0.25, -0.2) is 4.98 Å². The molecule has 1 atom stereocenters. The molecular formula is C22H24N2O3S. The third kappa shape index (κ3) is 4.51. The van der Waals surface area contributed by atoms with Crippen molar-refractivity contribution in [2.24, 2.45) is 0 Å². The number of hydrogen-bond donors (Lipinski definition) is 1. The van der Waals surface area contributed by atoms with Gasteiger partial charge >= 0.3 is 0 Å². The molecule has 1 aromatic heterocycles. The molecule has 146 valence electrons. The predicted molar refractivity (Wildman–Crippen MR) is 113 cm³/mol. The van der Waals surface area contributed by atoms with Crippen LogP contribution in [-0.4, -0.2) is 25.1 Å². The van der Waals surface area contributed by atoms with Crippen LogP contribution in [0.5, 0.6) is 11.5 Å². The minimum Gasteiger partial charge on any atom is -0.493 e. The average Bonchev–Trinajstić information content (AvgIpc) is 3.07. The van der Waals surface area contributed by atoms with Crippen LogP contribution in [0.15, 0.2) is 48.5 Å². The maximum absolute atomic E-state index is 12.5. The number of carbonyl (C=O) groups is 1. The number of rotatable bonds is 7. The van der Waals surface area contributed by atoms with E-state index in [0.717, 1.165) is 21.7 Å². The van der Waals surface area contributed by atoms with Crippen molar-refractivity contribution in [3.63, 3.8) is 0 Å². The zero-order valence-electron chi connectivity index (χ0n) is 16.5. The second-order valence-electron chi connectivity index (χ2n) is 6.56. The van der Waals surface area contributed by atoms with Crippen LogP contribution in [0.1, 0.15) is 29.7 Å². The highest BCUT2D eigenvalue weighted by molar-refractivity contribution is 7.16. The number of anilines is 1. The van der Waals surface area contributed by atoms with Crippen LogP contribution in [-0.2, 0) is 4.79 Å². The van der Waals surface area contributed by atoms with Crippen molar-refractivity contribution in [2.75, 3.05) is 19.5 Å². The minimum absolute atomic E-state index is 0.0380. The molecule has 1 unspecified atom stereocenters. The number of aryl methyl sites for hydroxylation is 1. The third-order valence-electron chi connectivity index (χ3n) is 4.56. The fraction of sp³-hybridized carbons (Fsp3) is 0.273. The Balaban J connectivity index is 1.73. The SMILES string of the molecule is COc1ccc(-c2nc(NC(=O)CC(C)c3ccccc3)sc2C)cc1OC. The molecule has 28 heavy (non-hydrogen) atoms. The molecule has 5 nitrogen and oxygen atoms in total. The Kier molecular flexibility index (Phi) is 6.31. The van der Waals surface area contributed by atoms with E-state index in [-0.39, 0.29) is 11.8 Å². The molecule has 0 saturated heterocycles. The number of thiazole rings is 1. The Hall–Kier alpha value is -2.86. The van der Waals surface area contributed by atoms with E-state index in [4.69, 9.17) is 9.47 Å². The van der Waals surface area contributed by atoms with E-state index >= 15 is 0 Å². The fourth-order valence-corrected chi connectivity index (χ4v) is 3.90. The molecule has 0 saturated carbocycles. The highest BCUT2D eigenvalue weighted by Gasteiger charge is 2.16. The summed E-state index contributed by atoms with van der Waals surface area (Å²) in [6.07, 6.45) is 0.411. The number of methoxy groups -OCH3 is 2. The van der Waals surface area contributed by atoms with Gasteiger partial charge in [0.1, 0.15) is 0 Å². The number of aromatic nitrogens is 1. The molecule has 1 heterocycles. The first kappa shape index (κ1) is 19.9. The summed E-state index contributed by atoms with van der Waals surface area (Å²) in [5.74, 6) is 1.42. The molecule has 1 amide bonds. The Morgan fingerprint density at radius 1 is 1.11 bits per heavy atom. The number of carbonyl (C=O) groups excluding carboxylic acids is 1. The molecule has 0 aliphatic rings. The first-order valence-corrected chi connectivity index (χ1v) is 9.88. The normalized spacial score (nSPS) is 11.7. The Bertz CT molecular complexity index is 954. The van der Waals surface area contributed by atoms with Crippen molar-refractivity contribution in [1.29, 1.82) is 0 Å². The number of benzene rings is 2. The largest absolute Gasteiger partial charge is 0.493 e. The van der Waals surface area contributed by atoms with Crippen molar-refractivity contribution < 1.29 is 14.3 Å². The van der Waals surface area contributed by atoms with Gasteiger partial charge < -0.3 is 14.8 Å². The molecule has 0 spiro atoms. The second-order valence-corrected chi connectivity index (χ2v) is 7.76. The second kappa shape index (κ2) is 8.89. The maximum Gasteiger partial charge on any atom is 0.226 e. The van der Waals surface area contributed by atoms with E-state index < -0.39 is 0 Å². The van der Waals surface area contributed by atoms with Crippen LogP contribution in [0.25, 0.3) is 11.3 Å². The van der Waals surface area contributed by atoms with E-state index in [9.17, 15) is 4.79 Å². The molecule has 1 N–H and O–H groups in total. The van der Waals surface area contributed by atoms with Gasteiger partial charge in [-0.05, 0) is 36.6 Å². The van der Waals surface area contributed by atoms with Gasteiger partial charge in [0.15, 0.2) is 16.6 Å². The van der Waals surface area contributed by atoms with Gasteiger partial charge in [0.05, 0.1) is 19.9 Å². The van der Waals surface area contributed by atoms with Crippen molar-refractivity contribution >= 4 is 22.4 Å². The molecule has 6 heteroatoms. The van der Waals surface area contributed by atoms with Crippen LogP contribution >= 0.6 is 11.3 Å². The van der Waals surface area contributed by atoms with Crippen molar-refractivity contribution in [3.05, 3.63) is 59.0 Å². The van der Waals surface area contributed by atoms with Gasteiger partial charge in [0.2, 0.25) is 5.91 Å². The highest BCUT2D eigenvalue weighted by Crippen LogP contribution is 2.36. The van der Waals surface area contributed by atoms with Gasteiger partial charge in [0, 0.05) is 16.9 Å². The van der Waals surface area contributed by atoms with Crippen molar-refractivity contribution in [1.82, 2.24) is 4.98 Å². The number of nitrogens with zero attached hydrogens (tertiary/aromatic N) is 1. The average molecular weight is 397 g/mol. The minimum atomic E-state index is -0.0380. The summed E-state index contributed by atoms with van der Waals surface area (Å²) in [6, 6.07) is 15.7. The van der Waals surface area contributed by atoms with Crippen molar-refractivity contribution in [2.45, 2.75) is 26.2 Å². The lowest BCUT2D eigenvalue weighted by Gasteiger charge is -2.10. The molecule has 2 aromatic carbocycles. The standard InChI is InChI=1S/C22H24N2O3S/c1-14(16-8-6-5-7-9-16)12-20(25)23-22-24-21(15(2)28-22)17-10-11-18(26-3)19(13-17)27-4/h5-11,13-14H,12H2,1-4H3,(H,23,24,25). The zero-order valence-corrected chi connectivity index (χ0v) is 17.3. The Labute approximate surface area is 169 Å². The third-order valence-corrected chi connectivity index (χ3v) is 5.45. The van der Waals surface area contributed by atoms with Crippen LogP contribution in [0.3, 0.4) is 0 Å². The van der Waals surface area contributed by atoms with Gasteiger partial charge in [-0.2, -0.15) is 0 Å². The van der Waals surface area contributed by atoms with Crippen LogP contribution in [0, 0.1) is 6.92 Å². The number of amides is 1. The monoisotopic (exact) mass is 396 g/mol. The van der Waals surface area contributed by atoms with E-state index in [0.29, 0.717) is 23.1 Å². The van der Waals surface area contributed by atoms with Gasteiger partial charge in [-0.1, -0.05) is 37.3 Å². The predicted octanol–water partition coefficient (Wildman–Crippen LogP) is 5.27. The quantitative estimate of drug-likeness (QED) is 0.591. The summed E-state index contributed by atoms with van der Waals surface area (Å²) < 4.78 is 10.7. The summed E-state index contributed by atoms with van der Waals surface area (Å²) in [4.78, 5) is 18.1. The molecular weight excluding hydrogens is 372 g/mol. The summed E-state index contributed by atoms with van der Waals surface area (Å²) in [5, 5.41) is 3.54. The molecule has 3 aromatic rings. The highest BCUT2D eigenvalue weighted by atomic mass is 32.1. The van der Waals surface area contributed by atoms with Crippen LogP contribution in [0.4, 0.5) is 5.13 Å². The molecule has 0 aliphatic heterocycles. The number of hydrogen-bond acceptors (Lipinski definition) is 5. The lowest BCUT2D eigenvalue weighted by Crippen LogP contribution is -2.14. The van der Waals surface area contributed by atoms with Gasteiger partial charge in [-0.15, -0.1) is 11.3 Å². The van der Waals surface area contributed by atoms with E-state index in [1.165, 1.54) is 11.3 Å². The summed E-state index contributed by atoms with van der Waals surface area (Å²) >= 11 is 1.47. The van der Waals surface area contributed by atoms with E-state index in [2.05, 4.69) is 17.2 Å². The van der Waals surface area contributed by atoms with Gasteiger partial charge in [-0.3, -0.25) is 4.79 Å². The maximum atomic E-state index is 12.5. The summed E-state index contributed by atoms with van der Waals surface area (Å²) in [6.45, 7) is 4.04. The lowest BCUT2D eigenvalue weighted by atomic mass is 9.98. The zero-order chi connectivity index (χ0) is 20.1. The fourth-order valence-electron chi connectivity index (χ4n) is 3.05. The molecule has 0 bridgehead atoms. The smallest absolute Gasteiger partial charge is 0.226 e. The molecule has 0 aliphatic carbocycles. The lowest BCUT2D eigenvalue weighted by molar-refractivity contribution is -0.116. The van der Waals surface area contributed by atoms with E-state index in [1.54, 1.807) is 14.2 Å². The van der Waals surface area contributed by atoms with Crippen molar-refractivity contribution in [3.8, 4) is 22.8 Å². The Morgan fingerprint density at radius 3 is 2.50 bits per heavy atom. The topological polar surface area (TPSA) is 60.5 Å². The summed E-state index contributed by atoms with van der Waals surface area (Å²) in [7, 11) is 3.21. The number of nitrogens with one attached hydrogen (secondary N) is 1. The van der Waals surface area contributed by atoms with E-state index in [1.807, 2.05) is 55.5 Å².